The summed E-state index contributed by atoms with van der Waals surface area (Å²) in [4.78, 5) is 0. The Morgan fingerprint density at radius 2 is 0.870 bits per heavy atom. The summed E-state index contributed by atoms with van der Waals surface area (Å²) in [7, 11) is -6.18. The van der Waals surface area contributed by atoms with Crippen LogP contribution in [0.25, 0.3) is 0 Å². The zero-order valence-electron chi connectivity index (χ0n) is 14.3. The van der Waals surface area contributed by atoms with E-state index in [1.165, 1.54) is 10.4 Å². The predicted octanol–water partition coefficient (Wildman–Crippen LogP) is 1.26. The molecule has 0 aromatic heterocycles. The molecule has 2 aromatic rings. The van der Waals surface area contributed by atoms with Crippen LogP contribution in [0.4, 0.5) is 0 Å². The summed E-state index contributed by atoms with van der Waals surface area (Å²) in [5.74, 6) is 0. The van der Waals surface area contributed by atoms with E-state index < -0.39 is 36.6 Å². The Hall–Kier alpha value is -0.812. The van der Waals surface area contributed by atoms with Crippen molar-refractivity contribution in [3.8, 4) is 0 Å². The van der Waals surface area contributed by atoms with E-state index in [4.69, 9.17) is 12.3 Å². The quantitative estimate of drug-likeness (QED) is 0.647. The first kappa shape index (κ1) is 18.5. The second kappa shape index (κ2) is 9.48. The van der Waals surface area contributed by atoms with Gasteiger partial charge in [0.2, 0.25) is 0 Å². The molecule has 0 radical (unpaired) electrons. The van der Waals surface area contributed by atoms with Crippen LogP contribution >= 0.6 is 0 Å². The van der Waals surface area contributed by atoms with Crippen molar-refractivity contribution >= 4 is 47.0 Å². The fraction of sp³-hybridized carbons (Fsp3) is 0.250. The van der Waals surface area contributed by atoms with Crippen molar-refractivity contribution in [2.45, 2.75) is 26.2 Å². The number of benzene rings is 2. The Labute approximate surface area is 146 Å². The third-order valence-corrected chi connectivity index (χ3v) is 13.4. The molecule has 0 aliphatic rings. The first-order valence-corrected chi connectivity index (χ1v) is 16.7. The summed E-state index contributed by atoms with van der Waals surface area (Å²) in [6.45, 7) is 8.79. The lowest BCUT2D eigenvalue weighted by Crippen LogP contribution is -2.50. The van der Waals surface area contributed by atoms with Crippen molar-refractivity contribution < 1.29 is 12.3 Å². The molecular weight excluding hydrogens is 353 g/mol. The third-order valence-electron chi connectivity index (χ3n) is 3.18. The summed E-state index contributed by atoms with van der Waals surface area (Å²) < 4.78 is 19.1. The number of hydrogen-bond acceptors (Lipinski definition) is 3. The van der Waals surface area contributed by atoms with Gasteiger partial charge in [-0.2, -0.15) is 0 Å². The molecule has 2 unspecified atom stereocenters. The van der Waals surface area contributed by atoms with Gasteiger partial charge >= 0.3 is 18.6 Å². The van der Waals surface area contributed by atoms with Gasteiger partial charge in [0.05, 0.1) is 0 Å². The molecular formula is C16H26O3Si4. The average Bonchev–Trinajstić information content (AvgIpc) is 2.54. The van der Waals surface area contributed by atoms with Crippen LogP contribution in [-0.4, -0.2) is 36.6 Å². The Bertz CT molecular complexity index is 515. The molecule has 0 aliphatic carbocycles. The smallest absolute Gasteiger partial charge is 0.336 e. The molecule has 23 heavy (non-hydrogen) atoms. The van der Waals surface area contributed by atoms with Crippen LogP contribution in [0.1, 0.15) is 0 Å². The molecule has 2 rings (SSSR count). The van der Waals surface area contributed by atoms with Crippen molar-refractivity contribution in [2.75, 3.05) is 0 Å². The summed E-state index contributed by atoms with van der Waals surface area (Å²) in [6.07, 6.45) is 0. The molecule has 0 aliphatic heterocycles. The standard InChI is InChI=1S/C16H26O3Si4/c1-20(2)17-22(15-11-7-5-8-12-15)19-23(18-21(3)4)16-13-9-6-10-14-16/h5-14,20-23H,1-4H3. The first-order valence-electron chi connectivity index (χ1n) is 8.12. The van der Waals surface area contributed by atoms with Crippen molar-refractivity contribution in [2.24, 2.45) is 0 Å². The van der Waals surface area contributed by atoms with E-state index in [0.29, 0.717) is 0 Å². The Morgan fingerprint density at radius 1 is 0.522 bits per heavy atom. The Balaban J connectivity index is 2.22. The molecule has 7 heteroatoms. The van der Waals surface area contributed by atoms with Crippen LogP contribution in [0, 0.1) is 0 Å². The SMILES string of the molecule is C[SiH](C)O[SiH](O[SiH](O[SiH](C)C)c1ccccc1)c1ccccc1. The first-order chi connectivity index (χ1) is 11.1. The van der Waals surface area contributed by atoms with Gasteiger partial charge < -0.3 is 12.3 Å². The lowest BCUT2D eigenvalue weighted by molar-refractivity contribution is 0.397. The normalized spacial score (nSPS) is 14.2. The molecule has 0 spiro atoms. The van der Waals surface area contributed by atoms with Gasteiger partial charge in [-0.05, 0) is 36.6 Å². The van der Waals surface area contributed by atoms with Gasteiger partial charge in [-0.25, -0.2) is 0 Å². The maximum absolute atomic E-state index is 6.55. The fourth-order valence-electron chi connectivity index (χ4n) is 2.21. The van der Waals surface area contributed by atoms with E-state index >= 15 is 0 Å². The molecule has 0 bridgehead atoms. The van der Waals surface area contributed by atoms with Gasteiger partial charge in [-0.15, -0.1) is 0 Å². The van der Waals surface area contributed by atoms with Crippen LogP contribution in [-0.2, 0) is 12.3 Å². The summed E-state index contributed by atoms with van der Waals surface area (Å²) in [6, 6.07) is 20.8. The molecule has 0 N–H and O–H groups in total. The van der Waals surface area contributed by atoms with Crippen molar-refractivity contribution in [3.05, 3.63) is 60.7 Å². The van der Waals surface area contributed by atoms with E-state index in [2.05, 4.69) is 74.7 Å². The lowest BCUT2D eigenvalue weighted by Gasteiger charge is -2.26. The van der Waals surface area contributed by atoms with E-state index in [1.54, 1.807) is 0 Å². The molecule has 2 atom stereocenters. The number of hydrogen-bond donors (Lipinski definition) is 0. The Morgan fingerprint density at radius 3 is 1.17 bits per heavy atom. The van der Waals surface area contributed by atoms with Crippen LogP contribution < -0.4 is 10.4 Å². The predicted molar refractivity (Wildman–Crippen MR) is 107 cm³/mol. The average molecular weight is 379 g/mol. The van der Waals surface area contributed by atoms with Crippen LogP contribution in [0.5, 0.6) is 0 Å². The zero-order chi connectivity index (χ0) is 16.7. The monoisotopic (exact) mass is 378 g/mol. The minimum absolute atomic E-state index is 1.17. The highest BCUT2D eigenvalue weighted by molar-refractivity contribution is 6.80. The summed E-state index contributed by atoms with van der Waals surface area (Å²) in [5, 5.41) is 2.41. The highest BCUT2D eigenvalue weighted by atomic mass is 28.4. The molecule has 124 valence electrons. The zero-order valence-corrected chi connectivity index (χ0v) is 18.9. The summed E-state index contributed by atoms with van der Waals surface area (Å²) in [5.41, 5.74) is 0. The lowest BCUT2D eigenvalue weighted by atomic mass is 10.4. The molecule has 3 nitrogen and oxygen atoms in total. The van der Waals surface area contributed by atoms with E-state index in [0.717, 1.165) is 0 Å². The van der Waals surface area contributed by atoms with E-state index in [-0.39, 0.29) is 0 Å². The molecule has 0 saturated heterocycles. The van der Waals surface area contributed by atoms with Crippen molar-refractivity contribution in [3.63, 3.8) is 0 Å². The van der Waals surface area contributed by atoms with Gasteiger partial charge in [-0.3, -0.25) is 0 Å². The minimum Gasteiger partial charge on any atom is -0.438 e. The van der Waals surface area contributed by atoms with Gasteiger partial charge in [0.1, 0.15) is 0 Å². The second-order valence-corrected chi connectivity index (χ2v) is 16.1. The van der Waals surface area contributed by atoms with Crippen molar-refractivity contribution in [1.82, 2.24) is 0 Å². The fourth-order valence-corrected chi connectivity index (χ4v) is 12.3. The van der Waals surface area contributed by atoms with E-state index in [1.807, 2.05) is 12.1 Å². The van der Waals surface area contributed by atoms with Crippen molar-refractivity contribution in [1.29, 1.82) is 0 Å². The molecule has 0 amide bonds. The molecule has 0 saturated carbocycles. The largest absolute Gasteiger partial charge is 0.438 e. The van der Waals surface area contributed by atoms with Gasteiger partial charge in [-0.1, -0.05) is 60.7 Å². The third kappa shape index (κ3) is 6.30. The molecule has 2 aromatic carbocycles. The second-order valence-electron chi connectivity index (χ2n) is 5.99. The van der Waals surface area contributed by atoms with Crippen LogP contribution in [0.2, 0.25) is 26.2 Å². The number of rotatable bonds is 8. The molecule has 0 heterocycles. The van der Waals surface area contributed by atoms with Gasteiger partial charge in [0.15, 0.2) is 18.1 Å². The Kier molecular flexibility index (Phi) is 7.63. The van der Waals surface area contributed by atoms with Crippen LogP contribution in [0.3, 0.4) is 0 Å². The molecule has 0 fully saturated rings. The highest BCUT2D eigenvalue weighted by Gasteiger charge is 2.27. The summed E-state index contributed by atoms with van der Waals surface area (Å²) >= 11 is 0. The van der Waals surface area contributed by atoms with Crippen LogP contribution in [0.15, 0.2) is 60.7 Å². The topological polar surface area (TPSA) is 27.7 Å². The maximum atomic E-state index is 6.55. The highest BCUT2D eigenvalue weighted by Crippen LogP contribution is 2.03. The maximum Gasteiger partial charge on any atom is 0.336 e. The minimum atomic E-state index is -1.92. The van der Waals surface area contributed by atoms with E-state index in [9.17, 15) is 0 Å². The van der Waals surface area contributed by atoms with Gasteiger partial charge in [0, 0.05) is 0 Å². The van der Waals surface area contributed by atoms with Gasteiger partial charge in [0.25, 0.3) is 0 Å².